The Balaban J connectivity index is 1.30. The number of para-hydroxylation sites is 5. The Morgan fingerprint density at radius 3 is 1.90 bits per heavy atom. The molecule has 1 aromatic heterocycles. The molecule has 6 nitrogen and oxygen atoms in total. The van der Waals surface area contributed by atoms with Gasteiger partial charge in [-0.3, -0.25) is 0 Å². The number of aromatic nitrogens is 2. The highest BCUT2D eigenvalue weighted by Crippen LogP contribution is 2.59. The highest BCUT2D eigenvalue weighted by Gasteiger charge is 2.56. The predicted octanol–water partition coefficient (Wildman–Crippen LogP) is 9.89. The average molecular weight is 639 g/mol. The zero-order valence-corrected chi connectivity index (χ0v) is 28.0. The van der Waals surface area contributed by atoms with Crippen molar-refractivity contribution >= 4 is 39.9 Å². The van der Waals surface area contributed by atoms with Gasteiger partial charge in [-0.05, 0) is 66.9 Å². The van der Waals surface area contributed by atoms with E-state index < -0.39 is 0 Å². The minimum atomic E-state index is -0.106. The minimum absolute atomic E-state index is 0.0146. The van der Waals surface area contributed by atoms with Crippen LogP contribution in [-0.4, -0.2) is 29.3 Å². The molecule has 6 aromatic rings. The lowest BCUT2D eigenvalue weighted by Crippen LogP contribution is -2.59. The molecule has 0 radical (unpaired) electrons. The van der Waals surface area contributed by atoms with Gasteiger partial charge in [-0.2, -0.15) is 0 Å². The molecular weight excluding hydrogens is 601 g/mol. The summed E-state index contributed by atoms with van der Waals surface area (Å²) in [6, 6.07) is 45.6. The molecule has 0 N–H and O–H groups in total. The van der Waals surface area contributed by atoms with Crippen LogP contribution in [0.5, 0.6) is 0 Å². The van der Waals surface area contributed by atoms with E-state index in [4.69, 9.17) is 9.97 Å². The van der Waals surface area contributed by atoms with Crippen LogP contribution in [0, 0.1) is 19.8 Å². The molecule has 0 aliphatic carbocycles. The molecule has 0 saturated carbocycles. The number of rotatable bonds is 5. The SMILES string of the molecule is C=CC1c2ccccc2N2c3cnc(-c4ccccc4C)nc3N(C)C2C1C1N(c2ccccc2)c2ccccc2N1c1ccccc1C. The van der Waals surface area contributed by atoms with E-state index in [-0.39, 0.29) is 24.2 Å². The molecule has 0 amide bonds. The largest absolute Gasteiger partial charge is 0.337 e. The highest BCUT2D eigenvalue weighted by atomic mass is 15.5. The van der Waals surface area contributed by atoms with Crippen LogP contribution in [-0.2, 0) is 0 Å². The van der Waals surface area contributed by atoms with Crippen LogP contribution in [0.4, 0.5) is 39.9 Å². The molecule has 49 heavy (non-hydrogen) atoms. The van der Waals surface area contributed by atoms with Crippen molar-refractivity contribution in [3.8, 4) is 11.4 Å². The molecule has 0 bridgehead atoms. The molecule has 0 fully saturated rings. The van der Waals surface area contributed by atoms with Crippen LogP contribution in [0.1, 0.15) is 22.6 Å². The molecule has 4 heterocycles. The summed E-state index contributed by atoms with van der Waals surface area (Å²) in [5.41, 5.74) is 11.6. The zero-order chi connectivity index (χ0) is 33.2. The van der Waals surface area contributed by atoms with Gasteiger partial charge in [0.2, 0.25) is 0 Å². The fraction of sp³-hybridized carbons (Fsp3) is 0.163. The van der Waals surface area contributed by atoms with Gasteiger partial charge in [0, 0.05) is 41.5 Å². The monoisotopic (exact) mass is 638 g/mol. The summed E-state index contributed by atoms with van der Waals surface area (Å²) in [5, 5.41) is 0. The van der Waals surface area contributed by atoms with Gasteiger partial charge >= 0.3 is 0 Å². The van der Waals surface area contributed by atoms with Gasteiger partial charge in [0.05, 0.1) is 17.6 Å². The third-order valence-electron chi connectivity index (χ3n) is 10.6. The summed E-state index contributed by atoms with van der Waals surface area (Å²) in [4.78, 5) is 20.3. The molecule has 9 rings (SSSR count). The first-order valence-corrected chi connectivity index (χ1v) is 17.0. The maximum atomic E-state index is 5.30. The standard InChI is InChI=1S/C43H38N6/c1-5-31-33-22-12-14-24-35(33)49-38-27-44-40(32-21-11-9-17-28(32)2)45-41(38)46(4)42(49)39(31)43-47(30-19-7-6-8-20-30)36-25-15-16-26-37(36)48(43)34-23-13-10-18-29(34)3/h5-27,31,39,42-43H,1H2,2-4H3. The van der Waals surface area contributed by atoms with Crippen LogP contribution in [0.2, 0.25) is 0 Å². The van der Waals surface area contributed by atoms with Gasteiger partial charge < -0.3 is 19.6 Å². The van der Waals surface area contributed by atoms with Crippen molar-refractivity contribution in [1.82, 2.24) is 9.97 Å². The summed E-state index contributed by atoms with van der Waals surface area (Å²) in [6.45, 7) is 8.85. The second-order valence-electron chi connectivity index (χ2n) is 13.3. The number of hydrogen-bond acceptors (Lipinski definition) is 6. The van der Waals surface area contributed by atoms with Gasteiger partial charge in [-0.1, -0.05) is 97.1 Å². The normalized spacial score (nSPS) is 20.5. The highest BCUT2D eigenvalue weighted by molar-refractivity contribution is 5.91. The number of hydrogen-bond donors (Lipinski definition) is 0. The van der Waals surface area contributed by atoms with Gasteiger partial charge in [-0.15, -0.1) is 6.58 Å². The van der Waals surface area contributed by atoms with Gasteiger partial charge in [0.15, 0.2) is 11.6 Å². The summed E-state index contributed by atoms with van der Waals surface area (Å²) in [5.74, 6) is 1.73. The molecule has 5 aromatic carbocycles. The molecule has 3 aliphatic heterocycles. The van der Waals surface area contributed by atoms with Crippen LogP contribution in [0.15, 0.2) is 146 Å². The lowest BCUT2D eigenvalue weighted by atomic mass is 9.76. The first-order valence-electron chi connectivity index (χ1n) is 17.0. The van der Waals surface area contributed by atoms with Crippen LogP contribution >= 0.6 is 0 Å². The van der Waals surface area contributed by atoms with Crippen molar-refractivity contribution in [2.24, 2.45) is 5.92 Å². The molecule has 0 saturated heterocycles. The third kappa shape index (κ3) is 4.33. The molecule has 0 spiro atoms. The summed E-state index contributed by atoms with van der Waals surface area (Å²) in [7, 11) is 2.20. The van der Waals surface area contributed by atoms with E-state index in [0.717, 1.165) is 34.1 Å². The van der Waals surface area contributed by atoms with E-state index in [2.05, 4.69) is 181 Å². The van der Waals surface area contributed by atoms with E-state index >= 15 is 0 Å². The number of benzene rings is 5. The Morgan fingerprint density at radius 1 is 0.592 bits per heavy atom. The topological polar surface area (TPSA) is 38.7 Å². The second kappa shape index (κ2) is 11.4. The van der Waals surface area contributed by atoms with Crippen molar-refractivity contribution < 1.29 is 0 Å². The predicted molar refractivity (Wildman–Crippen MR) is 202 cm³/mol. The number of aryl methyl sites for hydroxylation is 2. The van der Waals surface area contributed by atoms with Gasteiger partial charge in [-0.25, -0.2) is 9.97 Å². The van der Waals surface area contributed by atoms with Crippen LogP contribution in [0.25, 0.3) is 11.4 Å². The lowest BCUT2D eigenvalue weighted by molar-refractivity contribution is 0.315. The van der Waals surface area contributed by atoms with Crippen LogP contribution < -0.4 is 19.6 Å². The van der Waals surface area contributed by atoms with Crippen molar-refractivity contribution in [3.63, 3.8) is 0 Å². The smallest absolute Gasteiger partial charge is 0.161 e. The number of allylic oxidation sites excluding steroid dienone is 1. The first kappa shape index (κ1) is 29.3. The number of fused-ring (bicyclic) bond motifs is 6. The van der Waals surface area contributed by atoms with Gasteiger partial charge in [0.25, 0.3) is 0 Å². The summed E-state index contributed by atoms with van der Waals surface area (Å²) in [6.07, 6.45) is 4.02. The Hall–Kier alpha value is -5.88. The number of anilines is 7. The maximum Gasteiger partial charge on any atom is 0.161 e. The Labute approximate surface area is 288 Å². The van der Waals surface area contributed by atoms with Crippen LogP contribution in [0.3, 0.4) is 0 Å². The van der Waals surface area contributed by atoms with E-state index in [1.54, 1.807) is 0 Å². The molecule has 6 heteroatoms. The summed E-state index contributed by atoms with van der Waals surface area (Å²) < 4.78 is 0. The van der Waals surface area contributed by atoms with Gasteiger partial charge in [0.1, 0.15) is 18.0 Å². The van der Waals surface area contributed by atoms with Crippen molar-refractivity contribution in [1.29, 1.82) is 0 Å². The molecule has 240 valence electrons. The quantitative estimate of drug-likeness (QED) is 0.175. The average Bonchev–Trinajstić information content (AvgIpc) is 3.63. The van der Waals surface area contributed by atoms with E-state index in [1.807, 2.05) is 6.20 Å². The molecule has 4 unspecified atom stereocenters. The van der Waals surface area contributed by atoms with E-state index in [0.29, 0.717) is 0 Å². The molecular formula is C43H38N6. The lowest BCUT2D eigenvalue weighted by Gasteiger charge is -2.51. The fourth-order valence-electron chi connectivity index (χ4n) is 8.50. The van der Waals surface area contributed by atoms with Crippen molar-refractivity contribution in [2.75, 3.05) is 26.6 Å². The number of nitrogens with zero attached hydrogens (tertiary/aromatic N) is 6. The Bertz CT molecular complexity index is 2210. The Morgan fingerprint density at radius 2 is 1.18 bits per heavy atom. The van der Waals surface area contributed by atoms with E-state index in [1.165, 1.54) is 33.9 Å². The minimum Gasteiger partial charge on any atom is -0.337 e. The maximum absolute atomic E-state index is 5.30. The van der Waals surface area contributed by atoms with Crippen molar-refractivity contribution in [2.45, 2.75) is 32.1 Å². The first-order chi connectivity index (χ1) is 24.1. The molecule has 3 aliphatic rings. The Kier molecular flexibility index (Phi) is 6.80. The second-order valence-corrected chi connectivity index (χ2v) is 13.3. The third-order valence-corrected chi connectivity index (χ3v) is 10.6. The summed E-state index contributed by atoms with van der Waals surface area (Å²) >= 11 is 0. The van der Waals surface area contributed by atoms with E-state index in [9.17, 15) is 0 Å². The zero-order valence-electron chi connectivity index (χ0n) is 28.0. The van der Waals surface area contributed by atoms with Crippen molar-refractivity contribution in [3.05, 3.63) is 163 Å². The molecule has 4 atom stereocenters. The fourth-order valence-corrected chi connectivity index (χ4v) is 8.50.